The van der Waals surface area contributed by atoms with E-state index in [0.717, 1.165) is 43.7 Å². The van der Waals surface area contributed by atoms with Gasteiger partial charge in [-0.25, -0.2) is 21.2 Å². The lowest BCUT2D eigenvalue weighted by Crippen LogP contribution is -2.35. The van der Waals surface area contributed by atoms with E-state index in [-0.39, 0.29) is 21.2 Å². The van der Waals surface area contributed by atoms with E-state index in [1.807, 2.05) is 0 Å². The van der Waals surface area contributed by atoms with E-state index in [1.165, 1.54) is 28.2 Å². The van der Waals surface area contributed by atoms with Crippen LogP contribution in [0.4, 0.5) is 10.1 Å². The minimum atomic E-state index is -3.73. The zero-order valence-electron chi connectivity index (χ0n) is 16.1. The molecule has 1 aliphatic heterocycles. The third-order valence-corrected chi connectivity index (χ3v) is 7.75. The smallest absolute Gasteiger partial charge is 0.272 e. The maximum Gasteiger partial charge on any atom is 0.272 e. The number of sulfonamides is 1. The number of aromatic nitrogens is 1. The topological polar surface area (TPSA) is 106 Å². The molecule has 1 amide bonds. The lowest BCUT2D eigenvalue weighted by molar-refractivity contribution is 0.101. The van der Waals surface area contributed by atoms with E-state index < -0.39 is 31.6 Å². The summed E-state index contributed by atoms with van der Waals surface area (Å²) in [4.78, 5) is 12.4. The predicted molar refractivity (Wildman–Crippen MR) is 105 cm³/mol. The Morgan fingerprint density at radius 3 is 2.31 bits per heavy atom. The minimum Gasteiger partial charge on any atom is -0.345 e. The molecule has 0 spiro atoms. The van der Waals surface area contributed by atoms with Crippen LogP contribution in [0, 0.1) is 5.82 Å². The Morgan fingerprint density at radius 2 is 1.69 bits per heavy atom. The Hall–Kier alpha value is -2.24. The molecular formula is C18H22FN3O5S2. The van der Waals surface area contributed by atoms with E-state index in [9.17, 15) is 26.0 Å². The number of anilines is 1. The van der Waals surface area contributed by atoms with E-state index in [1.54, 1.807) is 0 Å². The van der Waals surface area contributed by atoms with Crippen LogP contribution in [0.2, 0.25) is 0 Å². The number of carbonyl (C=O) groups is 1. The molecule has 0 bridgehead atoms. The van der Waals surface area contributed by atoms with Gasteiger partial charge in [0.25, 0.3) is 5.91 Å². The Labute approximate surface area is 169 Å². The predicted octanol–water partition coefficient (Wildman–Crippen LogP) is 1.99. The first-order valence-corrected chi connectivity index (χ1v) is 12.3. The standard InChI is InChI=1S/C18H22FN3O5S2/c1-21-12-14(29(26,27)22-8-4-3-5-9-22)11-17(21)18(23)20-16-10-13(28(2,24)25)6-7-15(16)19/h6-7,10-12H,3-5,8-9H2,1-2H3,(H,20,23). The highest BCUT2D eigenvalue weighted by Crippen LogP contribution is 2.24. The highest BCUT2D eigenvalue weighted by Gasteiger charge is 2.28. The van der Waals surface area contributed by atoms with Crippen LogP contribution in [-0.4, -0.2) is 51.0 Å². The molecule has 0 radical (unpaired) electrons. The van der Waals surface area contributed by atoms with Gasteiger partial charge in [0.2, 0.25) is 10.0 Å². The van der Waals surface area contributed by atoms with Crippen molar-refractivity contribution in [1.29, 1.82) is 0 Å². The van der Waals surface area contributed by atoms with Gasteiger partial charge in [-0.3, -0.25) is 4.79 Å². The fourth-order valence-electron chi connectivity index (χ4n) is 3.17. The second-order valence-corrected chi connectivity index (χ2v) is 11.0. The highest BCUT2D eigenvalue weighted by atomic mass is 32.2. The molecule has 0 aliphatic carbocycles. The lowest BCUT2D eigenvalue weighted by atomic mass is 10.2. The molecule has 2 aromatic rings. The molecule has 158 valence electrons. The molecule has 1 N–H and O–H groups in total. The molecule has 1 saturated heterocycles. The summed E-state index contributed by atoms with van der Waals surface area (Å²) in [5, 5.41) is 2.32. The van der Waals surface area contributed by atoms with Crippen molar-refractivity contribution >= 4 is 31.5 Å². The average Bonchev–Trinajstić information content (AvgIpc) is 3.06. The van der Waals surface area contributed by atoms with Crippen LogP contribution in [0.15, 0.2) is 40.3 Å². The van der Waals surface area contributed by atoms with Crippen molar-refractivity contribution in [3.8, 4) is 0 Å². The monoisotopic (exact) mass is 443 g/mol. The van der Waals surface area contributed by atoms with Crippen molar-refractivity contribution < 1.29 is 26.0 Å². The summed E-state index contributed by atoms with van der Waals surface area (Å²) in [5.41, 5.74) is -0.302. The average molecular weight is 444 g/mol. The van der Waals surface area contributed by atoms with Gasteiger partial charge in [0.15, 0.2) is 9.84 Å². The second kappa shape index (κ2) is 7.88. The number of carbonyl (C=O) groups excluding carboxylic acids is 1. The minimum absolute atomic E-state index is 0.00439. The number of nitrogens with one attached hydrogen (secondary N) is 1. The third-order valence-electron chi connectivity index (χ3n) is 4.78. The first-order chi connectivity index (χ1) is 13.5. The quantitative estimate of drug-likeness (QED) is 0.712. The van der Waals surface area contributed by atoms with E-state index in [2.05, 4.69) is 5.32 Å². The number of piperidine rings is 1. The third kappa shape index (κ3) is 4.51. The molecule has 3 rings (SSSR count). The number of halogens is 1. The molecular weight excluding hydrogens is 421 g/mol. The number of hydrogen-bond acceptors (Lipinski definition) is 5. The summed E-state index contributed by atoms with van der Waals surface area (Å²) in [6, 6.07) is 4.31. The van der Waals surface area contributed by atoms with Gasteiger partial charge in [-0.15, -0.1) is 0 Å². The number of hydrogen-bond donors (Lipinski definition) is 1. The Balaban J connectivity index is 1.88. The van der Waals surface area contributed by atoms with E-state index >= 15 is 0 Å². The van der Waals surface area contributed by atoms with Gasteiger partial charge in [0.05, 0.1) is 10.6 Å². The van der Waals surface area contributed by atoms with Gasteiger partial charge >= 0.3 is 0 Å². The van der Waals surface area contributed by atoms with Crippen LogP contribution in [0.1, 0.15) is 29.8 Å². The maximum atomic E-state index is 14.1. The van der Waals surface area contributed by atoms with E-state index in [0.29, 0.717) is 13.1 Å². The summed E-state index contributed by atoms with van der Waals surface area (Å²) in [6.45, 7) is 0.866. The van der Waals surface area contributed by atoms with Crippen LogP contribution >= 0.6 is 0 Å². The molecule has 8 nitrogen and oxygen atoms in total. The van der Waals surface area contributed by atoms with Crippen LogP contribution in [0.3, 0.4) is 0 Å². The number of aryl methyl sites for hydroxylation is 1. The van der Waals surface area contributed by atoms with Crippen LogP contribution in [-0.2, 0) is 26.9 Å². The van der Waals surface area contributed by atoms with Gasteiger partial charge < -0.3 is 9.88 Å². The molecule has 1 aromatic heterocycles. The Kier molecular flexibility index (Phi) is 5.84. The lowest BCUT2D eigenvalue weighted by Gasteiger charge is -2.25. The fourth-order valence-corrected chi connectivity index (χ4v) is 5.41. The van der Waals surface area contributed by atoms with Gasteiger partial charge in [0.1, 0.15) is 16.4 Å². The second-order valence-electron chi connectivity index (χ2n) is 7.00. The number of sulfone groups is 1. The number of amides is 1. The van der Waals surface area contributed by atoms with Crippen molar-refractivity contribution in [1.82, 2.24) is 8.87 Å². The van der Waals surface area contributed by atoms with Gasteiger partial charge in [-0.2, -0.15) is 4.31 Å². The van der Waals surface area contributed by atoms with Gasteiger partial charge in [0, 0.05) is 32.6 Å². The molecule has 1 aliphatic rings. The van der Waals surface area contributed by atoms with Gasteiger partial charge in [-0.1, -0.05) is 6.42 Å². The molecule has 29 heavy (non-hydrogen) atoms. The summed E-state index contributed by atoms with van der Waals surface area (Å²) in [5.74, 6) is -1.56. The molecule has 1 fully saturated rings. The van der Waals surface area contributed by atoms with Crippen LogP contribution in [0.5, 0.6) is 0 Å². The maximum absolute atomic E-state index is 14.1. The van der Waals surface area contributed by atoms with Crippen molar-refractivity contribution in [3.05, 3.63) is 42.0 Å². The summed E-state index contributed by atoms with van der Waals surface area (Å²) in [7, 11) is -5.80. The molecule has 2 heterocycles. The molecule has 0 atom stereocenters. The Bertz CT molecular complexity index is 1150. The van der Waals surface area contributed by atoms with Crippen molar-refractivity contribution in [3.63, 3.8) is 0 Å². The zero-order valence-corrected chi connectivity index (χ0v) is 17.7. The molecule has 0 unspecified atom stereocenters. The first-order valence-electron chi connectivity index (χ1n) is 8.97. The number of benzene rings is 1. The summed E-state index contributed by atoms with van der Waals surface area (Å²) < 4.78 is 65.7. The molecule has 0 saturated carbocycles. The normalized spacial score (nSPS) is 16.0. The summed E-state index contributed by atoms with van der Waals surface area (Å²) in [6.07, 6.45) is 4.86. The van der Waals surface area contributed by atoms with Crippen molar-refractivity contribution in [2.24, 2.45) is 7.05 Å². The van der Waals surface area contributed by atoms with Gasteiger partial charge in [-0.05, 0) is 37.1 Å². The molecule has 11 heteroatoms. The highest BCUT2D eigenvalue weighted by molar-refractivity contribution is 7.90. The van der Waals surface area contributed by atoms with Crippen molar-refractivity contribution in [2.75, 3.05) is 24.7 Å². The van der Waals surface area contributed by atoms with Crippen LogP contribution in [0.25, 0.3) is 0 Å². The number of rotatable bonds is 5. The van der Waals surface area contributed by atoms with Crippen LogP contribution < -0.4 is 5.32 Å². The van der Waals surface area contributed by atoms with E-state index in [4.69, 9.17) is 0 Å². The molecule has 1 aromatic carbocycles. The zero-order chi connectivity index (χ0) is 21.4. The largest absolute Gasteiger partial charge is 0.345 e. The summed E-state index contributed by atoms with van der Waals surface area (Å²) >= 11 is 0. The Morgan fingerprint density at radius 1 is 1.03 bits per heavy atom. The SMILES string of the molecule is Cn1cc(S(=O)(=O)N2CCCCC2)cc1C(=O)Nc1cc(S(C)(=O)=O)ccc1F. The fraction of sp³-hybridized carbons (Fsp3) is 0.389. The first kappa shape index (κ1) is 21.5. The number of nitrogens with zero attached hydrogens (tertiary/aromatic N) is 2. The van der Waals surface area contributed by atoms with Crippen molar-refractivity contribution in [2.45, 2.75) is 29.1 Å².